The third-order valence-electron chi connectivity index (χ3n) is 6.80. The quantitative estimate of drug-likeness (QED) is 0.757. The first-order valence-corrected chi connectivity index (χ1v) is 10.9. The van der Waals surface area contributed by atoms with Crippen molar-refractivity contribution in [2.24, 2.45) is 18.9 Å². The minimum atomic E-state index is -0.0160. The molecular weight excluding hydrogens is 390 g/mol. The van der Waals surface area contributed by atoms with Crippen molar-refractivity contribution < 1.29 is 9.59 Å². The Kier molecular flexibility index (Phi) is 7.57. The fraction of sp³-hybridized carbons (Fsp3) is 0.762. The van der Waals surface area contributed by atoms with E-state index < -0.39 is 0 Å². The van der Waals surface area contributed by atoms with Crippen LogP contribution >= 0.6 is 12.4 Å². The van der Waals surface area contributed by atoms with E-state index in [1.165, 1.54) is 25.7 Å². The number of halogens is 1. The van der Waals surface area contributed by atoms with E-state index in [0.29, 0.717) is 12.3 Å². The van der Waals surface area contributed by atoms with Crippen LogP contribution in [0.4, 0.5) is 0 Å². The fourth-order valence-electron chi connectivity index (χ4n) is 5.16. The summed E-state index contributed by atoms with van der Waals surface area (Å²) in [5.74, 6) is 1.21. The van der Waals surface area contributed by atoms with Crippen LogP contribution in [-0.4, -0.2) is 58.7 Å². The Morgan fingerprint density at radius 1 is 1.17 bits per heavy atom. The summed E-state index contributed by atoms with van der Waals surface area (Å²) < 4.78 is 1.80. The lowest BCUT2D eigenvalue weighted by molar-refractivity contribution is -0.136. The zero-order valence-corrected chi connectivity index (χ0v) is 18.1. The minimum Gasteiger partial charge on any atom is -0.353 e. The van der Waals surface area contributed by atoms with Crippen molar-refractivity contribution in [3.63, 3.8) is 0 Å². The molecule has 2 N–H and O–H groups in total. The number of nitrogens with zero attached hydrogens (tertiary/aromatic N) is 3. The molecule has 162 valence electrons. The Balaban J connectivity index is 0.00000240. The number of piperidine rings is 1. The smallest absolute Gasteiger partial charge is 0.227 e. The second-order valence-corrected chi connectivity index (χ2v) is 8.84. The van der Waals surface area contributed by atoms with E-state index in [2.05, 4.69) is 15.7 Å². The SMILES string of the molecule is Cl.Cn1cc([C@H]2CNC[C@@H]2C(=O)N2CCC(NC(=O)CC3CCCC3)CC2)cn1. The summed E-state index contributed by atoms with van der Waals surface area (Å²) >= 11 is 0. The number of aromatic nitrogens is 2. The van der Waals surface area contributed by atoms with Gasteiger partial charge < -0.3 is 15.5 Å². The average Bonchev–Trinajstić information content (AvgIpc) is 3.43. The molecule has 3 aliphatic rings. The van der Waals surface area contributed by atoms with E-state index in [1.807, 2.05) is 24.3 Å². The maximum atomic E-state index is 13.1. The molecule has 3 heterocycles. The van der Waals surface area contributed by atoms with Gasteiger partial charge >= 0.3 is 0 Å². The first kappa shape index (κ1) is 22.1. The number of hydrogen-bond acceptors (Lipinski definition) is 4. The van der Waals surface area contributed by atoms with E-state index >= 15 is 0 Å². The Morgan fingerprint density at radius 3 is 2.55 bits per heavy atom. The molecule has 0 unspecified atom stereocenters. The van der Waals surface area contributed by atoms with Crippen LogP contribution < -0.4 is 10.6 Å². The first-order valence-electron chi connectivity index (χ1n) is 10.9. The predicted octanol–water partition coefficient (Wildman–Crippen LogP) is 1.83. The third-order valence-corrected chi connectivity index (χ3v) is 6.80. The van der Waals surface area contributed by atoms with Gasteiger partial charge in [0.2, 0.25) is 11.8 Å². The van der Waals surface area contributed by atoms with Crippen molar-refractivity contribution in [1.29, 1.82) is 0 Å². The highest BCUT2D eigenvalue weighted by Gasteiger charge is 2.38. The second-order valence-electron chi connectivity index (χ2n) is 8.84. The summed E-state index contributed by atoms with van der Waals surface area (Å²) in [5, 5.41) is 10.9. The van der Waals surface area contributed by atoms with Gasteiger partial charge in [0.05, 0.1) is 12.1 Å². The highest BCUT2D eigenvalue weighted by Crippen LogP contribution is 2.30. The summed E-state index contributed by atoms with van der Waals surface area (Å²) in [4.78, 5) is 27.4. The van der Waals surface area contributed by atoms with Crippen LogP contribution in [0.1, 0.15) is 56.4 Å². The monoisotopic (exact) mass is 423 g/mol. The molecule has 29 heavy (non-hydrogen) atoms. The number of carbonyl (C=O) groups is 2. The molecule has 0 radical (unpaired) electrons. The van der Waals surface area contributed by atoms with Gasteiger partial charge in [0, 0.05) is 57.8 Å². The van der Waals surface area contributed by atoms with E-state index in [-0.39, 0.29) is 42.1 Å². The molecule has 2 saturated heterocycles. The molecule has 2 atom stereocenters. The number of nitrogens with one attached hydrogen (secondary N) is 2. The van der Waals surface area contributed by atoms with Gasteiger partial charge in [-0.15, -0.1) is 12.4 Å². The second kappa shape index (κ2) is 9.94. The molecule has 0 bridgehead atoms. The van der Waals surface area contributed by atoms with Crippen molar-refractivity contribution in [1.82, 2.24) is 25.3 Å². The zero-order chi connectivity index (χ0) is 19.5. The fourth-order valence-corrected chi connectivity index (χ4v) is 5.16. The van der Waals surface area contributed by atoms with Gasteiger partial charge in [-0.1, -0.05) is 12.8 Å². The zero-order valence-electron chi connectivity index (χ0n) is 17.3. The third kappa shape index (κ3) is 5.31. The molecule has 7 nitrogen and oxygen atoms in total. The molecule has 8 heteroatoms. The summed E-state index contributed by atoms with van der Waals surface area (Å²) in [7, 11) is 1.91. The van der Waals surface area contributed by atoms with Crippen LogP contribution in [0.25, 0.3) is 0 Å². The van der Waals surface area contributed by atoms with Gasteiger partial charge in [0.25, 0.3) is 0 Å². The number of rotatable bonds is 5. The average molecular weight is 424 g/mol. The Labute approximate surface area is 179 Å². The van der Waals surface area contributed by atoms with Gasteiger partial charge in [-0.25, -0.2) is 0 Å². The Hall–Kier alpha value is -1.60. The van der Waals surface area contributed by atoms with Gasteiger partial charge in [-0.05, 0) is 37.2 Å². The highest BCUT2D eigenvalue weighted by atomic mass is 35.5. The summed E-state index contributed by atoms with van der Waals surface area (Å²) in [6.07, 6.45) is 11.2. The van der Waals surface area contributed by atoms with Crippen molar-refractivity contribution in [3.05, 3.63) is 18.0 Å². The van der Waals surface area contributed by atoms with Crippen molar-refractivity contribution in [2.45, 2.75) is 56.9 Å². The van der Waals surface area contributed by atoms with Crippen LogP contribution in [0.15, 0.2) is 12.4 Å². The van der Waals surface area contributed by atoms with Gasteiger partial charge in [-0.2, -0.15) is 5.10 Å². The number of amides is 2. The lowest BCUT2D eigenvalue weighted by Crippen LogP contribution is -2.49. The van der Waals surface area contributed by atoms with Crippen LogP contribution in [0, 0.1) is 11.8 Å². The number of hydrogen-bond donors (Lipinski definition) is 2. The van der Waals surface area contributed by atoms with E-state index in [9.17, 15) is 9.59 Å². The number of aryl methyl sites for hydroxylation is 1. The van der Waals surface area contributed by atoms with Gasteiger partial charge in [0.15, 0.2) is 0 Å². The molecule has 4 rings (SSSR count). The number of likely N-dealkylation sites (tertiary alicyclic amines) is 1. The molecule has 1 aliphatic carbocycles. The van der Waals surface area contributed by atoms with Crippen LogP contribution in [-0.2, 0) is 16.6 Å². The first-order chi connectivity index (χ1) is 13.6. The highest BCUT2D eigenvalue weighted by molar-refractivity contribution is 5.85. The lowest BCUT2D eigenvalue weighted by Gasteiger charge is -2.35. The molecular formula is C21H34ClN5O2. The predicted molar refractivity (Wildman–Crippen MR) is 114 cm³/mol. The standard InChI is InChI=1S/C21H33N5O2.ClH/c1-25-14-16(11-23-25)18-12-22-13-19(18)21(28)26-8-6-17(7-9-26)24-20(27)10-15-4-2-3-5-15;/h11,14-15,17-19,22H,2-10,12-13H2,1H3,(H,24,27);1H/t18-,19+;/m1./s1. The molecule has 1 aromatic rings. The van der Waals surface area contributed by atoms with E-state index in [1.54, 1.807) is 4.68 Å². The van der Waals surface area contributed by atoms with Crippen LogP contribution in [0.3, 0.4) is 0 Å². The summed E-state index contributed by atoms with van der Waals surface area (Å²) in [6, 6.07) is 0.216. The minimum absolute atomic E-state index is 0. The van der Waals surface area contributed by atoms with Gasteiger partial charge in [-0.3, -0.25) is 14.3 Å². The van der Waals surface area contributed by atoms with E-state index in [0.717, 1.165) is 44.6 Å². The van der Waals surface area contributed by atoms with Crippen LogP contribution in [0.2, 0.25) is 0 Å². The van der Waals surface area contributed by atoms with Crippen molar-refractivity contribution in [2.75, 3.05) is 26.2 Å². The molecule has 1 saturated carbocycles. The lowest BCUT2D eigenvalue weighted by atomic mass is 9.89. The Bertz CT molecular complexity index is 695. The molecule has 3 fully saturated rings. The molecule has 0 aromatic carbocycles. The van der Waals surface area contributed by atoms with Crippen molar-refractivity contribution in [3.8, 4) is 0 Å². The normalized spacial score (nSPS) is 25.8. The molecule has 2 aliphatic heterocycles. The number of carbonyl (C=O) groups excluding carboxylic acids is 2. The largest absolute Gasteiger partial charge is 0.353 e. The molecule has 0 spiro atoms. The van der Waals surface area contributed by atoms with Crippen molar-refractivity contribution >= 4 is 24.2 Å². The Morgan fingerprint density at radius 2 is 1.90 bits per heavy atom. The van der Waals surface area contributed by atoms with Crippen LogP contribution in [0.5, 0.6) is 0 Å². The molecule has 2 amide bonds. The topological polar surface area (TPSA) is 79.3 Å². The van der Waals surface area contributed by atoms with E-state index in [4.69, 9.17) is 0 Å². The maximum Gasteiger partial charge on any atom is 0.227 e. The maximum absolute atomic E-state index is 13.1. The summed E-state index contributed by atoms with van der Waals surface area (Å²) in [6.45, 7) is 3.04. The molecule has 1 aromatic heterocycles. The van der Waals surface area contributed by atoms with Gasteiger partial charge in [0.1, 0.15) is 0 Å². The summed E-state index contributed by atoms with van der Waals surface area (Å²) in [5.41, 5.74) is 1.14.